The van der Waals surface area contributed by atoms with Crippen molar-refractivity contribution in [3.8, 4) is 0 Å². The lowest BCUT2D eigenvalue weighted by Gasteiger charge is -1.94. The number of fused-ring (bicyclic) bond motifs is 1. The Morgan fingerprint density at radius 1 is 1.35 bits per heavy atom. The number of halogens is 1. The Labute approximate surface area is 128 Å². The van der Waals surface area contributed by atoms with Gasteiger partial charge in [0.1, 0.15) is 0 Å². The molecule has 0 bridgehead atoms. The Balaban J connectivity index is 1.80. The third-order valence-corrected chi connectivity index (χ3v) is 4.95. The Hall–Kier alpha value is -1.69. The molecule has 0 unspecified atom stereocenters. The Morgan fingerprint density at radius 2 is 2.20 bits per heavy atom. The van der Waals surface area contributed by atoms with Crippen LogP contribution < -0.4 is 5.32 Å². The van der Waals surface area contributed by atoms with Gasteiger partial charge >= 0.3 is 0 Å². The molecule has 0 radical (unpaired) electrons. The number of carbonyl (C=O) groups excluding carboxylic acids is 1. The lowest BCUT2D eigenvalue weighted by atomic mass is 10.2. The van der Waals surface area contributed by atoms with Crippen molar-refractivity contribution in [2.24, 2.45) is 0 Å². The van der Waals surface area contributed by atoms with E-state index in [4.69, 9.17) is 11.6 Å². The summed E-state index contributed by atoms with van der Waals surface area (Å²) in [5, 5.41) is 6.78. The molecule has 0 aliphatic heterocycles. The molecule has 0 aliphatic carbocycles. The summed E-state index contributed by atoms with van der Waals surface area (Å²) in [7, 11) is 0. The quantitative estimate of drug-likeness (QED) is 0.713. The zero-order valence-electron chi connectivity index (χ0n) is 10.2. The number of hydrogen-bond donors (Lipinski definition) is 1. The average molecular weight is 321 g/mol. The summed E-state index contributed by atoms with van der Waals surface area (Å²) >= 11 is 9.24. The zero-order chi connectivity index (χ0) is 13.9. The predicted molar refractivity (Wildman–Crippen MR) is 86.6 cm³/mol. The maximum atomic E-state index is 11.7. The standard InChI is InChI=1S/C14H9ClN2OS2/c15-13-9-3-1-2-4-10(9)20-11(13)5-6-12(18)17-14-16-7-8-19-14/h1-8H,(H,16,17,18)/b6-5+. The van der Waals surface area contributed by atoms with Crippen molar-refractivity contribution in [2.45, 2.75) is 0 Å². The van der Waals surface area contributed by atoms with E-state index < -0.39 is 0 Å². The van der Waals surface area contributed by atoms with E-state index in [1.54, 1.807) is 23.6 Å². The molecule has 2 heterocycles. The number of rotatable bonds is 3. The summed E-state index contributed by atoms with van der Waals surface area (Å²) < 4.78 is 1.11. The fourth-order valence-electron chi connectivity index (χ4n) is 1.72. The summed E-state index contributed by atoms with van der Waals surface area (Å²) in [5.41, 5.74) is 0. The van der Waals surface area contributed by atoms with Gasteiger partial charge in [-0.2, -0.15) is 0 Å². The van der Waals surface area contributed by atoms with Crippen LogP contribution in [0.15, 0.2) is 41.9 Å². The van der Waals surface area contributed by atoms with Crippen LogP contribution in [0, 0.1) is 0 Å². The summed E-state index contributed by atoms with van der Waals surface area (Å²) in [6.07, 6.45) is 4.85. The molecular weight excluding hydrogens is 312 g/mol. The average Bonchev–Trinajstić information content (AvgIpc) is 3.06. The van der Waals surface area contributed by atoms with Crippen LogP contribution in [0.2, 0.25) is 5.02 Å². The summed E-state index contributed by atoms with van der Waals surface area (Å²) in [4.78, 5) is 16.6. The van der Waals surface area contributed by atoms with E-state index >= 15 is 0 Å². The van der Waals surface area contributed by atoms with Gasteiger partial charge in [0.05, 0.1) is 5.02 Å². The second kappa shape index (κ2) is 5.75. The zero-order valence-corrected chi connectivity index (χ0v) is 12.6. The van der Waals surface area contributed by atoms with Crippen LogP contribution in [-0.2, 0) is 4.79 Å². The van der Waals surface area contributed by atoms with Crippen molar-refractivity contribution in [1.29, 1.82) is 0 Å². The molecule has 0 saturated heterocycles. The molecule has 1 amide bonds. The highest BCUT2D eigenvalue weighted by atomic mass is 35.5. The first kappa shape index (κ1) is 13.3. The molecule has 0 atom stereocenters. The van der Waals surface area contributed by atoms with Gasteiger partial charge in [-0.25, -0.2) is 4.98 Å². The van der Waals surface area contributed by atoms with Crippen molar-refractivity contribution >= 4 is 61.5 Å². The number of hydrogen-bond acceptors (Lipinski definition) is 4. The molecule has 0 saturated carbocycles. The second-order valence-corrected chi connectivity index (χ2v) is 6.29. The number of nitrogens with zero attached hydrogens (tertiary/aromatic N) is 1. The summed E-state index contributed by atoms with van der Waals surface area (Å²) in [5.74, 6) is -0.214. The Morgan fingerprint density at radius 3 is 2.95 bits per heavy atom. The number of anilines is 1. The van der Waals surface area contributed by atoms with Gasteiger partial charge in [-0.1, -0.05) is 29.8 Å². The van der Waals surface area contributed by atoms with Crippen LogP contribution >= 0.6 is 34.3 Å². The van der Waals surface area contributed by atoms with E-state index in [-0.39, 0.29) is 5.91 Å². The number of carbonyl (C=O) groups is 1. The molecule has 2 aromatic heterocycles. The maximum Gasteiger partial charge on any atom is 0.250 e. The predicted octanol–water partition coefficient (Wildman–Crippen LogP) is 4.66. The lowest BCUT2D eigenvalue weighted by Crippen LogP contribution is -2.06. The molecule has 3 aromatic rings. The lowest BCUT2D eigenvalue weighted by molar-refractivity contribution is -0.111. The SMILES string of the molecule is O=C(/C=C/c1sc2ccccc2c1Cl)Nc1nccs1. The number of aromatic nitrogens is 1. The van der Waals surface area contributed by atoms with E-state index in [2.05, 4.69) is 10.3 Å². The van der Waals surface area contributed by atoms with Crippen LogP contribution in [0.1, 0.15) is 4.88 Å². The molecule has 100 valence electrons. The highest BCUT2D eigenvalue weighted by molar-refractivity contribution is 7.20. The summed E-state index contributed by atoms with van der Waals surface area (Å²) in [6.45, 7) is 0. The number of amides is 1. The van der Waals surface area contributed by atoms with Crippen LogP contribution in [-0.4, -0.2) is 10.9 Å². The topological polar surface area (TPSA) is 42.0 Å². The Bertz CT molecular complexity index is 778. The smallest absolute Gasteiger partial charge is 0.250 e. The van der Waals surface area contributed by atoms with Gasteiger partial charge in [-0.05, 0) is 12.1 Å². The van der Waals surface area contributed by atoms with Crippen molar-refractivity contribution in [1.82, 2.24) is 4.98 Å². The number of thiazole rings is 1. The third kappa shape index (κ3) is 2.75. The molecule has 0 fully saturated rings. The third-order valence-electron chi connectivity index (χ3n) is 2.61. The van der Waals surface area contributed by atoms with E-state index in [1.807, 2.05) is 29.6 Å². The van der Waals surface area contributed by atoms with E-state index in [1.165, 1.54) is 17.4 Å². The van der Waals surface area contributed by atoms with Crippen LogP contribution in [0.25, 0.3) is 16.2 Å². The van der Waals surface area contributed by atoms with Crippen LogP contribution in [0.3, 0.4) is 0 Å². The molecule has 20 heavy (non-hydrogen) atoms. The summed E-state index contributed by atoms with van der Waals surface area (Å²) in [6, 6.07) is 7.90. The first-order chi connectivity index (χ1) is 9.74. The van der Waals surface area contributed by atoms with Gasteiger partial charge in [-0.3, -0.25) is 10.1 Å². The Kier molecular flexibility index (Phi) is 3.82. The van der Waals surface area contributed by atoms with Crippen molar-refractivity contribution < 1.29 is 4.79 Å². The highest BCUT2D eigenvalue weighted by Crippen LogP contribution is 2.35. The number of nitrogens with one attached hydrogen (secondary N) is 1. The van der Waals surface area contributed by atoms with Gasteiger partial charge < -0.3 is 0 Å². The fraction of sp³-hybridized carbons (Fsp3) is 0. The second-order valence-electron chi connectivity index (χ2n) is 3.94. The maximum absolute atomic E-state index is 11.7. The highest BCUT2D eigenvalue weighted by Gasteiger charge is 2.07. The first-order valence-electron chi connectivity index (χ1n) is 5.79. The molecule has 6 heteroatoms. The minimum absolute atomic E-state index is 0.214. The number of thiophene rings is 1. The molecule has 0 aliphatic rings. The largest absolute Gasteiger partial charge is 0.298 e. The first-order valence-corrected chi connectivity index (χ1v) is 7.87. The van der Waals surface area contributed by atoms with Crippen molar-refractivity contribution in [3.63, 3.8) is 0 Å². The van der Waals surface area contributed by atoms with Gasteiger partial charge in [0.15, 0.2) is 5.13 Å². The van der Waals surface area contributed by atoms with Gasteiger partial charge in [0, 0.05) is 32.6 Å². The van der Waals surface area contributed by atoms with Crippen molar-refractivity contribution in [3.05, 3.63) is 51.8 Å². The fourth-order valence-corrected chi connectivity index (χ4v) is 3.65. The molecule has 3 nitrogen and oxygen atoms in total. The monoisotopic (exact) mass is 320 g/mol. The van der Waals surface area contributed by atoms with Crippen LogP contribution in [0.5, 0.6) is 0 Å². The number of benzene rings is 1. The van der Waals surface area contributed by atoms with Gasteiger partial charge in [-0.15, -0.1) is 22.7 Å². The minimum atomic E-state index is -0.214. The minimum Gasteiger partial charge on any atom is -0.298 e. The molecule has 3 rings (SSSR count). The van der Waals surface area contributed by atoms with Gasteiger partial charge in [0.2, 0.25) is 5.91 Å². The van der Waals surface area contributed by atoms with Crippen molar-refractivity contribution in [2.75, 3.05) is 5.32 Å². The molecule has 1 aromatic carbocycles. The van der Waals surface area contributed by atoms with Gasteiger partial charge in [0.25, 0.3) is 0 Å². The molecule has 0 spiro atoms. The normalized spacial score (nSPS) is 11.2. The van der Waals surface area contributed by atoms with Crippen LogP contribution in [0.4, 0.5) is 5.13 Å². The van der Waals surface area contributed by atoms with E-state index in [9.17, 15) is 4.79 Å². The molecule has 1 N–H and O–H groups in total. The van der Waals surface area contributed by atoms with E-state index in [0.717, 1.165) is 15.0 Å². The molecular formula is C14H9ClN2OS2. The van der Waals surface area contributed by atoms with E-state index in [0.29, 0.717) is 10.2 Å².